The van der Waals surface area contributed by atoms with Crippen molar-refractivity contribution >= 4 is 23.5 Å². The number of amides is 2. The normalized spacial score (nSPS) is 15.7. The van der Waals surface area contributed by atoms with Crippen LogP contribution in [0.3, 0.4) is 0 Å². The number of nitrogens with one attached hydrogen (secondary N) is 2. The van der Waals surface area contributed by atoms with Gasteiger partial charge in [-0.2, -0.15) is 0 Å². The van der Waals surface area contributed by atoms with Crippen LogP contribution in [-0.4, -0.2) is 29.9 Å². The van der Waals surface area contributed by atoms with Gasteiger partial charge in [-0.1, -0.05) is 18.9 Å². The fourth-order valence-electron chi connectivity index (χ4n) is 2.60. The fraction of sp³-hybridized carbons (Fsp3) is 0.471. The van der Waals surface area contributed by atoms with E-state index in [2.05, 4.69) is 10.6 Å². The van der Waals surface area contributed by atoms with Crippen LogP contribution in [-0.2, 0) is 14.3 Å². The molecule has 0 unspecified atom stereocenters. The Balaban J connectivity index is 1.92. The second-order valence-electron chi connectivity index (χ2n) is 5.80. The average molecular weight is 318 g/mol. The largest absolute Gasteiger partial charge is 0.449 e. The van der Waals surface area contributed by atoms with Gasteiger partial charge in [-0.05, 0) is 38.0 Å². The lowest BCUT2D eigenvalue weighted by molar-refractivity contribution is -0.129. The summed E-state index contributed by atoms with van der Waals surface area (Å²) < 4.78 is 5.20. The van der Waals surface area contributed by atoms with Crippen molar-refractivity contribution in [3.05, 3.63) is 29.8 Å². The first kappa shape index (κ1) is 17.0. The number of carbonyl (C=O) groups is 3. The molecule has 1 saturated carbocycles. The predicted molar refractivity (Wildman–Crippen MR) is 86.0 cm³/mol. The summed E-state index contributed by atoms with van der Waals surface area (Å²) in [5, 5.41) is 5.50. The van der Waals surface area contributed by atoms with Crippen molar-refractivity contribution in [3.63, 3.8) is 0 Å². The van der Waals surface area contributed by atoms with E-state index in [0.717, 1.165) is 25.7 Å². The maximum Gasteiger partial charge on any atom is 0.338 e. The summed E-state index contributed by atoms with van der Waals surface area (Å²) >= 11 is 0. The molecule has 1 aliphatic rings. The van der Waals surface area contributed by atoms with Crippen LogP contribution in [0.5, 0.6) is 0 Å². The van der Waals surface area contributed by atoms with Crippen molar-refractivity contribution in [2.24, 2.45) is 0 Å². The van der Waals surface area contributed by atoms with Crippen LogP contribution >= 0.6 is 0 Å². The molecule has 0 radical (unpaired) electrons. The lowest BCUT2D eigenvalue weighted by Crippen LogP contribution is -2.40. The minimum Gasteiger partial charge on any atom is -0.449 e. The number of benzene rings is 1. The van der Waals surface area contributed by atoms with Crippen molar-refractivity contribution in [2.75, 3.05) is 5.32 Å². The third-order valence-electron chi connectivity index (χ3n) is 3.77. The first-order chi connectivity index (χ1) is 11.0. The lowest BCUT2D eigenvalue weighted by atomic mass is 10.2. The number of ether oxygens (including phenoxy) is 1. The van der Waals surface area contributed by atoms with Crippen molar-refractivity contribution in [1.82, 2.24) is 5.32 Å². The van der Waals surface area contributed by atoms with Gasteiger partial charge in [0.2, 0.25) is 5.91 Å². The SMILES string of the molecule is CC(=O)Nc1cccc(C(=O)O[C@@H](C)C(=O)NC2CCCC2)c1. The van der Waals surface area contributed by atoms with Gasteiger partial charge in [0.05, 0.1) is 5.56 Å². The van der Waals surface area contributed by atoms with E-state index in [4.69, 9.17) is 4.74 Å². The molecule has 0 aliphatic heterocycles. The van der Waals surface area contributed by atoms with Gasteiger partial charge in [0.25, 0.3) is 5.91 Å². The Morgan fingerprint density at radius 2 is 1.91 bits per heavy atom. The van der Waals surface area contributed by atoms with E-state index in [1.807, 2.05) is 0 Å². The maximum absolute atomic E-state index is 12.1. The first-order valence-electron chi connectivity index (χ1n) is 7.84. The van der Waals surface area contributed by atoms with E-state index in [0.29, 0.717) is 5.69 Å². The predicted octanol–water partition coefficient (Wildman–Crippen LogP) is 2.25. The maximum atomic E-state index is 12.1. The zero-order valence-electron chi connectivity index (χ0n) is 13.4. The fourth-order valence-corrected chi connectivity index (χ4v) is 2.60. The molecule has 6 nitrogen and oxygen atoms in total. The summed E-state index contributed by atoms with van der Waals surface area (Å²) in [6.45, 7) is 2.94. The number of carbonyl (C=O) groups excluding carboxylic acids is 3. The van der Waals surface area contributed by atoms with E-state index in [-0.39, 0.29) is 23.4 Å². The first-order valence-corrected chi connectivity index (χ1v) is 7.84. The highest BCUT2D eigenvalue weighted by atomic mass is 16.5. The van der Waals surface area contributed by atoms with Gasteiger partial charge in [-0.25, -0.2) is 4.79 Å². The van der Waals surface area contributed by atoms with Crippen LogP contribution in [0.2, 0.25) is 0 Å². The van der Waals surface area contributed by atoms with Crippen molar-refractivity contribution in [3.8, 4) is 0 Å². The standard InChI is InChI=1S/C17H22N2O4/c1-11(16(21)19-14-7-3-4-8-14)23-17(22)13-6-5-9-15(10-13)18-12(2)20/h5-6,9-11,14H,3-4,7-8H2,1-2H3,(H,18,20)(H,19,21)/t11-/m0/s1. The zero-order chi connectivity index (χ0) is 16.8. The molecule has 0 saturated heterocycles. The van der Waals surface area contributed by atoms with Crippen LogP contribution < -0.4 is 10.6 Å². The molecule has 1 aromatic carbocycles. The zero-order valence-corrected chi connectivity index (χ0v) is 13.4. The Labute approximate surface area is 135 Å². The molecular formula is C17H22N2O4. The molecule has 1 fully saturated rings. The molecule has 2 amide bonds. The quantitative estimate of drug-likeness (QED) is 0.816. The second-order valence-corrected chi connectivity index (χ2v) is 5.80. The molecule has 124 valence electrons. The van der Waals surface area contributed by atoms with Crippen LogP contribution in [0.15, 0.2) is 24.3 Å². The lowest BCUT2D eigenvalue weighted by Gasteiger charge is -2.17. The van der Waals surface area contributed by atoms with Gasteiger partial charge in [-0.15, -0.1) is 0 Å². The summed E-state index contributed by atoms with van der Waals surface area (Å²) in [5.41, 5.74) is 0.798. The summed E-state index contributed by atoms with van der Waals surface area (Å²) in [4.78, 5) is 35.2. The minimum absolute atomic E-state index is 0.187. The molecule has 1 aliphatic carbocycles. The third kappa shape index (κ3) is 5.09. The minimum atomic E-state index is -0.854. The topological polar surface area (TPSA) is 84.5 Å². The molecule has 1 aromatic rings. The molecule has 2 N–H and O–H groups in total. The third-order valence-corrected chi connectivity index (χ3v) is 3.77. The van der Waals surface area contributed by atoms with Gasteiger partial charge in [0.1, 0.15) is 0 Å². The van der Waals surface area contributed by atoms with Crippen molar-refractivity contribution in [2.45, 2.75) is 51.7 Å². The Hall–Kier alpha value is -2.37. The molecule has 2 rings (SSSR count). The highest BCUT2D eigenvalue weighted by molar-refractivity contribution is 5.95. The average Bonchev–Trinajstić information content (AvgIpc) is 2.99. The van der Waals surface area contributed by atoms with E-state index < -0.39 is 12.1 Å². The van der Waals surface area contributed by atoms with E-state index in [1.54, 1.807) is 25.1 Å². The highest BCUT2D eigenvalue weighted by Crippen LogP contribution is 2.18. The van der Waals surface area contributed by atoms with Crippen LogP contribution in [0.25, 0.3) is 0 Å². The monoisotopic (exact) mass is 318 g/mol. The van der Waals surface area contributed by atoms with Crippen molar-refractivity contribution < 1.29 is 19.1 Å². The van der Waals surface area contributed by atoms with Gasteiger partial charge in [-0.3, -0.25) is 9.59 Å². The van der Waals surface area contributed by atoms with Gasteiger partial charge < -0.3 is 15.4 Å². The van der Waals surface area contributed by atoms with Crippen LogP contribution in [0.1, 0.15) is 49.9 Å². The molecule has 23 heavy (non-hydrogen) atoms. The van der Waals surface area contributed by atoms with Gasteiger partial charge in [0, 0.05) is 18.7 Å². The molecular weight excluding hydrogens is 296 g/mol. The van der Waals surface area contributed by atoms with E-state index in [1.165, 1.54) is 13.0 Å². The summed E-state index contributed by atoms with van der Waals surface area (Å²) in [5.74, 6) is -1.09. The highest BCUT2D eigenvalue weighted by Gasteiger charge is 2.23. The molecule has 0 bridgehead atoms. The van der Waals surface area contributed by atoms with Crippen molar-refractivity contribution in [1.29, 1.82) is 0 Å². The number of rotatable bonds is 5. The Kier molecular flexibility index (Phi) is 5.73. The molecule has 0 aromatic heterocycles. The Morgan fingerprint density at radius 1 is 1.22 bits per heavy atom. The Morgan fingerprint density at radius 3 is 2.57 bits per heavy atom. The summed E-state index contributed by atoms with van der Waals surface area (Å²) in [7, 11) is 0. The smallest absolute Gasteiger partial charge is 0.338 e. The summed E-state index contributed by atoms with van der Waals surface area (Å²) in [6, 6.07) is 6.60. The molecule has 0 heterocycles. The number of esters is 1. The Bertz CT molecular complexity index is 594. The molecule has 6 heteroatoms. The molecule has 1 atom stereocenters. The molecule has 0 spiro atoms. The number of hydrogen-bond donors (Lipinski definition) is 2. The van der Waals surface area contributed by atoms with Crippen LogP contribution in [0, 0.1) is 0 Å². The summed E-state index contributed by atoms with van der Waals surface area (Å²) in [6.07, 6.45) is 3.34. The van der Waals surface area contributed by atoms with E-state index >= 15 is 0 Å². The van der Waals surface area contributed by atoms with Gasteiger partial charge >= 0.3 is 5.97 Å². The van der Waals surface area contributed by atoms with Gasteiger partial charge in [0.15, 0.2) is 6.10 Å². The van der Waals surface area contributed by atoms with Crippen LogP contribution in [0.4, 0.5) is 5.69 Å². The second kappa shape index (κ2) is 7.76. The number of anilines is 1. The number of hydrogen-bond acceptors (Lipinski definition) is 4. The van der Waals surface area contributed by atoms with E-state index in [9.17, 15) is 14.4 Å².